The summed E-state index contributed by atoms with van der Waals surface area (Å²) >= 11 is 1.74. The SMILES string of the molecule is NC(=O)COc1cccc(C(=O)N2CCc3sccc3C2)c1. The van der Waals surface area contributed by atoms with E-state index in [1.165, 1.54) is 10.4 Å². The van der Waals surface area contributed by atoms with Crippen molar-refractivity contribution in [3.63, 3.8) is 0 Å². The number of carbonyl (C=O) groups excluding carboxylic acids is 2. The molecule has 1 aromatic heterocycles. The maximum atomic E-state index is 12.6. The predicted molar refractivity (Wildman–Crippen MR) is 83.9 cm³/mol. The summed E-state index contributed by atoms with van der Waals surface area (Å²) in [7, 11) is 0. The van der Waals surface area contributed by atoms with Gasteiger partial charge in [-0.25, -0.2) is 0 Å². The summed E-state index contributed by atoms with van der Waals surface area (Å²) in [4.78, 5) is 26.6. The highest BCUT2D eigenvalue weighted by molar-refractivity contribution is 7.10. The zero-order valence-corrected chi connectivity index (χ0v) is 12.8. The minimum atomic E-state index is -0.544. The monoisotopic (exact) mass is 316 g/mol. The molecule has 1 aromatic carbocycles. The Kier molecular flexibility index (Phi) is 4.11. The first kappa shape index (κ1) is 14.6. The molecule has 0 aliphatic carbocycles. The first-order valence-electron chi connectivity index (χ1n) is 6.99. The fourth-order valence-corrected chi connectivity index (χ4v) is 3.37. The van der Waals surface area contributed by atoms with E-state index in [2.05, 4.69) is 11.4 Å². The Labute approximate surface area is 132 Å². The van der Waals surface area contributed by atoms with Gasteiger partial charge < -0.3 is 15.4 Å². The van der Waals surface area contributed by atoms with Gasteiger partial charge in [0.2, 0.25) is 0 Å². The van der Waals surface area contributed by atoms with Gasteiger partial charge >= 0.3 is 0 Å². The van der Waals surface area contributed by atoms with Crippen molar-refractivity contribution in [1.82, 2.24) is 4.90 Å². The summed E-state index contributed by atoms with van der Waals surface area (Å²) in [5.41, 5.74) is 6.84. The molecule has 2 heterocycles. The largest absolute Gasteiger partial charge is 0.484 e. The average molecular weight is 316 g/mol. The molecule has 22 heavy (non-hydrogen) atoms. The van der Waals surface area contributed by atoms with Crippen LogP contribution in [0.1, 0.15) is 20.8 Å². The van der Waals surface area contributed by atoms with Gasteiger partial charge in [0.1, 0.15) is 5.75 Å². The van der Waals surface area contributed by atoms with Gasteiger partial charge in [0.25, 0.3) is 11.8 Å². The van der Waals surface area contributed by atoms with Crippen LogP contribution in [-0.4, -0.2) is 29.9 Å². The van der Waals surface area contributed by atoms with E-state index in [4.69, 9.17) is 10.5 Å². The van der Waals surface area contributed by atoms with Crippen LogP contribution in [0, 0.1) is 0 Å². The molecule has 0 atom stereocenters. The quantitative estimate of drug-likeness (QED) is 0.935. The lowest BCUT2D eigenvalue weighted by atomic mass is 10.1. The highest BCUT2D eigenvalue weighted by Gasteiger charge is 2.22. The average Bonchev–Trinajstić information content (AvgIpc) is 3.00. The van der Waals surface area contributed by atoms with Gasteiger partial charge in [-0.2, -0.15) is 0 Å². The van der Waals surface area contributed by atoms with Crippen molar-refractivity contribution >= 4 is 23.2 Å². The van der Waals surface area contributed by atoms with Gasteiger partial charge in [-0.05, 0) is 41.6 Å². The van der Waals surface area contributed by atoms with Gasteiger partial charge in [0, 0.05) is 23.5 Å². The number of thiophene rings is 1. The number of fused-ring (bicyclic) bond motifs is 1. The molecule has 0 spiro atoms. The molecule has 5 nitrogen and oxygen atoms in total. The van der Waals surface area contributed by atoms with Crippen molar-refractivity contribution in [2.75, 3.05) is 13.2 Å². The Morgan fingerprint density at radius 2 is 2.18 bits per heavy atom. The van der Waals surface area contributed by atoms with Crippen LogP contribution >= 0.6 is 11.3 Å². The van der Waals surface area contributed by atoms with Crippen LogP contribution < -0.4 is 10.5 Å². The van der Waals surface area contributed by atoms with Crippen LogP contribution in [0.5, 0.6) is 5.75 Å². The third-order valence-electron chi connectivity index (χ3n) is 3.56. The molecule has 2 N–H and O–H groups in total. The van der Waals surface area contributed by atoms with Gasteiger partial charge in [0.15, 0.2) is 6.61 Å². The number of primary amides is 1. The van der Waals surface area contributed by atoms with Crippen molar-refractivity contribution in [2.24, 2.45) is 5.73 Å². The topological polar surface area (TPSA) is 72.6 Å². The summed E-state index contributed by atoms with van der Waals surface area (Å²) in [6.07, 6.45) is 0.899. The second-order valence-electron chi connectivity index (χ2n) is 5.13. The number of carbonyl (C=O) groups is 2. The van der Waals surface area contributed by atoms with Gasteiger partial charge in [-0.15, -0.1) is 11.3 Å². The van der Waals surface area contributed by atoms with E-state index in [0.29, 0.717) is 17.9 Å². The van der Waals surface area contributed by atoms with Crippen molar-refractivity contribution in [1.29, 1.82) is 0 Å². The minimum Gasteiger partial charge on any atom is -0.484 e. The van der Waals surface area contributed by atoms with Crippen LogP contribution in [0.4, 0.5) is 0 Å². The van der Waals surface area contributed by atoms with E-state index in [0.717, 1.165) is 13.0 Å². The molecule has 3 rings (SSSR count). The van der Waals surface area contributed by atoms with Crippen LogP contribution in [0.2, 0.25) is 0 Å². The fourth-order valence-electron chi connectivity index (χ4n) is 2.48. The van der Waals surface area contributed by atoms with Crippen molar-refractivity contribution in [2.45, 2.75) is 13.0 Å². The summed E-state index contributed by atoms with van der Waals surface area (Å²) < 4.78 is 5.25. The van der Waals surface area contributed by atoms with Crippen molar-refractivity contribution < 1.29 is 14.3 Å². The molecule has 0 fully saturated rings. The van der Waals surface area contributed by atoms with Crippen LogP contribution in [0.3, 0.4) is 0 Å². The number of amides is 2. The molecule has 2 aromatic rings. The van der Waals surface area contributed by atoms with Crippen LogP contribution in [0.15, 0.2) is 35.7 Å². The number of nitrogens with zero attached hydrogens (tertiary/aromatic N) is 1. The lowest BCUT2D eigenvalue weighted by Gasteiger charge is -2.27. The summed E-state index contributed by atoms with van der Waals surface area (Å²) in [6, 6.07) is 8.92. The standard InChI is InChI=1S/C16H16N2O3S/c17-15(19)10-21-13-3-1-2-11(8-13)16(20)18-6-4-14-12(9-18)5-7-22-14/h1-3,5,7-8H,4,6,9-10H2,(H2,17,19). The fraction of sp³-hybridized carbons (Fsp3) is 0.250. The predicted octanol–water partition coefficient (Wildman–Crippen LogP) is 1.81. The Bertz CT molecular complexity index is 711. The maximum Gasteiger partial charge on any atom is 0.255 e. The molecular formula is C16H16N2O3S. The zero-order valence-electron chi connectivity index (χ0n) is 12.0. The minimum absolute atomic E-state index is 0.0265. The van der Waals surface area contributed by atoms with Gasteiger partial charge in [-0.3, -0.25) is 9.59 Å². The lowest BCUT2D eigenvalue weighted by Crippen LogP contribution is -2.35. The van der Waals surface area contributed by atoms with E-state index < -0.39 is 5.91 Å². The van der Waals surface area contributed by atoms with E-state index in [-0.39, 0.29) is 12.5 Å². The highest BCUT2D eigenvalue weighted by atomic mass is 32.1. The number of benzene rings is 1. The second kappa shape index (κ2) is 6.19. The smallest absolute Gasteiger partial charge is 0.255 e. The second-order valence-corrected chi connectivity index (χ2v) is 6.13. The number of ether oxygens (including phenoxy) is 1. The molecule has 0 saturated carbocycles. The lowest BCUT2D eigenvalue weighted by molar-refractivity contribution is -0.119. The Hall–Kier alpha value is -2.34. The van der Waals surface area contributed by atoms with Crippen molar-refractivity contribution in [3.05, 3.63) is 51.7 Å². The third-order valence-corrected chi connectivity index (χ3v) is 4.58. The molecule has 0 radical (unpaired) electrons. The molecule has 6 heteroatoms. The number of hydrogen-bond acceptors (Lipinski definition) is 4. The van der Waals surface area contributed by atoms with E-state index in [1.54, 1.807) is 35.6 Å². The first-order chi connectivity index (χ1) is 10.6. The zero-order chi connectivity index (χ0) is 15.5. The molecular weight excluding hydrogens is 300 g/mol. The van der Waals surface area contributed by atoms with Crippen LogP contribution in [0.25, 0.3) is 0 Å². The van der Waals surface area contributed by atoms with E-state index in [1.807, 2.05) is 4.90 Å². The molecule has 0 bridgehead atoms. The summed E-state index contributed by atoms with van der Waals surface area (Å²) in [6.45, 7) is 1.17. The Morgan fingerprint density at radius 1 is 1.32 bits per heavy atom. The normalized spacial score (nSPS) is 13.5. The summed E-state index contributed by atoms with van der Waals surface area (Å²) in [5.74, 6) is -0.1000. The highest BCUT2D eigenvalue weighted by Crippen LogP contribution is 2.25. The molecule has 114 valence electrons. The van der Waals surface area contributed by atoms with Crippen molar-refractivity contribution in [3.8, 4) is 5.75 Å². The van der Waals surface area contributed by atoms with E-state index >= 15 is 0 Å². The number of hydrogen-bond donors (Lipinski definition) is 1. The first-order valence-corrected chi connectivity index (χ1v) is 7.87. The molecule has 1 aliphatic heterocycles. The summed E-state index contributed by atoms with van der Waals surface area (Å²) in [5, 5.41) is 2.07. The van der Waals surface area contributed by atoms with Gasteiger partial charge in [-0.1, -0.05) is 6.07 Å². The molecule has 1 aliphatic rings. The molecule has 0 saturated heterocycles. The third kappa shape index (κ3) is 3.12. The van der Waals surface area contributed by atoms with Crippen LogP contribution in [-0.2, 0) is 17.8 Å². The molecule has 0 unspecified atom stereocenters. The Morgan fingerprint density at radius 3 is 3.00 bits per heavy atom. The maximum absolute atomic E-state index is 12.6. The van der Waals surface area contributed by atoms with Gasteiger partial charge in [0.05, 0.1) is 0 Å². The van der Waals surface area contributed by atoms with E-state index in [9.17, 15) is 9.59 Å². The Balaban J connectivity index is 1.72. The number of rotatable bonds is 4. The molecule has 2 amide bonds. The number of nitrogens with two attached hydrogens (primary N) is 1.